The van der Waals surface area contributed by atoms with E-state index < -0.39 is 76.0 Å². The minimum atomic E-state index is -2.80. The Balaban J connectivity index is 1.33. The van der Waals surface area contributed by atoms with Crippen LogP contribution in [0.4, 0.5) is 11.4 Å². The van der Waals surface area contributed by atoms with Crippen molar-refractivity contribution in [2.75, 3.05) is 45.0 Å². The Morgan fingerprint density at radius 3 is 2.30 bits per heavy atom. The fourth-order valence-electron chi connectivity index (χ4n) is 8.29. The summed E-state index contributed by atoms with van der Waals surface area (Å²) in [4.78, 5) is 83.1. The van der Waals surface area contributed by atoms with Crippen LogP contribution in [0.5, 0.6) is 5.75 Å². The Kier molecular flexibility index (Phi) is 7.02. The Labute approximate surface area is 254 Å². The second-order valence-corrected chi connectivity index (χ2v) is 13.9. The van der Waals surface area contributed by atoms with Crippen molar-refractivity contribution < 1.29 is 39.0 Å². The highest BCUT2D eigenvalue weighted by Gasteiger charge is 2.69. The van der Waals surface area contributed by atoms with E-state index in [1.54, 1.807) is 25.1 Å². The number of nitrogens with zero attached hydrogens (tertiary/aromatic N) is 2. The van der Waals surface area contributed by atoms with Crippen LogP contribution in [0, 0.1) is 29.1 Å². The minimum absolute atomic E-state index is 0.000951. The van der Waals surface area contributed by atoms with E-state index in [0.29, 0.717) is 16.7 Å². The molecular formula is C31H39N5O8. The third-order valence-electron chi connectivity index (χ3n) is 10.7. The average molecular weight is 610 g/mol. The molecule has 6 atom stereocenters. The summed E-state index contributed by atoms with van der Waals surface area (Å²) in [6, 6.07) is 0.679. The molecule has 0 aromatic heterocycles. The number of nitrogens with one attached hydrogen (secondary N) is 2. The van der Waals surface area contributed by atoms with E-state index in [1.165, 1.54) is 31.8 Å². The molecule has 6 N–H and O–H groups in total. The average Bonchev–Trinajstić information content (AvgIpc) is 3.71. The zero-order valence-corrected chi connectivity index (χ0v) is 25.3. The van der Waals surface area contributed by atoms with E-state index in [1.807, 2.05) is 0 Å². The molecule has 236 valence electrons. The molecule has 0 heterocycles. The quantitative estimate of drug-likeness (QED) is 0.195. The summed E-state index contributed by atoms with van der Waals surface area (Å²) in [6.07, 6.45) is 4.65. The fraction of sp³-hybridized carbons (Fsp3) is 0.613. The number of nitrogens with two attached hydrogens (primary N) is 1. The molecule has 6 rings (SSSR count). The summed E-state index contributed by atoms with van der Waals surface area (Å²) in [5.41, 5.74) is 3.89. The van der Waals surface area contributed by atoms with Crippen LogP contribution in [0.3, 0.4) is 0 Å². The van der Waals surface area contributed by atoms with Gasteiger partial charge >= 0.3 is 0 Å². The summed E-state index contributed by atoms with van der Waals surface area (Å²) in [5.74, 6) is -11.6. The maximum atomic E-state index is 14.1. The molecule has 1 aromatic carbocycles. The summed E-state index contributed by atoms with van der Waals surface area (Å²) in [5, 5.41) is 29.0. The molecular weight excluding hydrogens is 570 g/mol. The zero-order chi connectivity index (χ0) is 32.0. The number of phenolic OH excluding ortho intramolecular Hbond substituents is 1. The van der Waals surface area contributed by atoms with Gasteiger partial charge in [0.2, 0.25) is 11.8 Å². The number of rotatable bonds is 7. The molecule has 44 heavy (non-hydrogen) atoms. The van der Waals surface area contributed by atoms with Crippen molar-refractivity contribution in [3.8, 4) is 5.75 Å². The van der Waals surface area contributed by atoms with Gasteiger partial charge in [-0.2, -0.15) is 0 Å². The van der Waals surface area contributed by atoms with E-state index in [2.05, 4.69) is 10.6 Å². The third kappa shape index (κ3) is 4.39. The zero-order valence-electron chi connectivity index (χ0n) is 25.3. The van der Waals surface area contributed by atoms with Crippen molar-refractivity contribution in [1.29, 1.82) is 0 Å². The predicted octanol–water partition coefficient (Wildman–Crippen LogP) is -0.596. The number of carbonyl (C=O) groups is 6. The molecule has 1 spiro atoms. The number of hydrogen-bond acceptors (Lipinski definition) is 11. The first-order chi connectivity index (χ1) is 20.6. The molecule has 3 unspecified atom stereocenters. The number of phenols is 1. The van der Waals surface area contributed by atoms with Gasteiger partial charge in [-0.25, -0.2) is 0 Å². The number of carbonyl (C=O) groups excluding carboxylic acids is 6. The van der Waals surface area contributed by atoms with E-state index in [0.717, 1.165) is 12.8 Å². The van der Waals surface area contributed by atoms with Crippen LogP contribution in [0.15, 0.2) is 6.07 Å². The van der Waals surface area contributed by atoms with E-state index in [9.17, 15) is 39.0 Å². The number of aliphatic hydroxyl groups is 1. The maximum absolute atomic E-state index is 14.1. The lowest BCUT2D eigenvalue weighted by Gasteiger charge is -2.52. The number of benzene rings is 1. The van der Waals surface area contributed by atoms with Gasteiger partial charge in [-0.1, -0.05) is 0 Å². The molecule has 0 aliphatic heterocycles. The van der Waals surface area contributed by atoms with Crippen LogP contribution in [-0.2, 0) is 30.4 Å². The molecule has 4 saturated carbocycles. The predicted molar refractivity (Wildman–Crippen MR) is 157 cm³/mol. The first-order valence-corrected chi connectivity index (χ1v) is 15.1. The maximum Gasteiger partial charge on any atom is 0.238 e. The molecule has 5 aliphatic carbocycles. The largest absolute Gasteiger partial charge is 0.505 e. The highest BCUT2D eigenvalue weighted by Crippen LogP contribution is 2.60. The normalized spacial score (nSPS) is 32.1. The van der Waals surface area contributed by atoms with Gasteiger partial charge in [0, 0.05) is 31.7 Å². The molecule has 1 aromatic rings. The SMILES string of the molecule is CN(C)c1cc(NC(=O)CNC2CC3(CC3)C2)c(O)c2c1CC1C[C@H]3[C@H](N(C)C)C(=O)C(C(N)=O)C(=O)[C@@]3(O)C(=O)C1C2=O. The van der Waals surface area contributed by atoms with Crippen LogP contribution in [0.1, 0.15) is 48.0 Å². The second-order valence-electron chi connectivity index (χ2n) is 13.9. The van der Waals surface area contributed by atoms with Gasteiger partial charge in [0.15, 0.2) is 34.7 Å². The van der Waals surface area contributed by atoms with Gasteiger partial charge in [-0.15, -0.1) is 0 Å². The number of aromatic hydroxyl groups is 1. The second kappa shape index (κ2) is 10.2. The topological polar surface area (TPSA) is 199 Å². The number of amides is 2. The minimum Gasteiger partial charge on any atom is -0.505 e. The molecule has 13 heteroatoms. The lowest BCUT2D eigenvalue weighted by atomic mass is 9.52. The fourth-order valence-corrected chi connectivity index (χ4v) is 8.29. The number of Topliss-reactive ketones (excluding diaryl/α,β-unsaturated/α-hetero) is 4. The first kappa shape index (κ1) is 30.4. The smallest absolute Gasteiger partial charge is 0.238 e. The number of likely N-dealkylation sites (N-methyl/N-ethyl adjacent to an activating group) is 1. The van der Waals surface area contributed by atoms with Crippen molar-refractivity contribution in [3.05, 3.63) is 17.2 Å². The van der Waals surface area contributed by atoms with Crippen LogP contribution < -0.4 is 21.3 Å². The third-order valence-corrected chi connectivity index (χ3v) is 10.7. The molecule has 4 fully saturated rings. The van der Waals surface area contributed by atoms with Gasteiger partial charge in [-0.05, 0) is 75.6 Å². The van der Waals surface area contributed by atoms with E-state index in [4.69, 9.17) is 5.73 Å². The lowest BCUT2D eigenvalue weighted by molar-refractivity contribution is -0.181. The summed E-state index contributed by atoms with van der Waals surface area (Å²) < 4.78 is 0. The van der Waals surface area contributed by atoms with Gasteiger partial charge < -0.3 is 31.5 Å². The monoisotopic (exact) mass is 609 g/mol. The molecule has 0 bridgehead atoms. The molecule has 0 saturated heterocycles. The van der Waals surface area contributed by atoms with Gasteiger partial charge in [0.25, 0.3) is 0 Å². The summed E-state index contributed by atoms with van der Waals surface area (Å²) in [7, 11) is 6.57. The molecule has 5 aliphatic rings. The standard InChI is InChI=1S/C31H39N5O8/c1-35(2)18-9-17(34-19(37)12-33-14-10-30(11-14)5-6-30)24(38)21-15(18)7-13-8-16-23(36(3)4)26(40)22(29(32)43)28(42)31(16,44)27(41)20(13)25(21)39/h9,13-14,16,20,22-23,33,38,44H,5-8,10-12H2,1-4H3,(H2,32,43)(H,34,37)/t13?,16-,20?,22?,23-,31-/m0/s1. The van der Waals surface area contributed by atoms with Crippen molar-refractivity contribution in [2.45, 2.75) is 56.2 Å². The Morgan fingerprint density at radius 1 is 1.07 bits per heavy atom. The lowest BCUT2D eigenvalue weighted by Crippen LogP contribution is -2.74. The number of ketones is 4. The number of hydrogen-bond donors (Lipinski definition) is 5. The van der Waals surface area contributed by atoms with Crippen molar-refractivity contribution >= 4 is 46.3 Å². The van der Waals surface area contributed by atoms with Gasteiger partial charge in [0.1, 0.15) is 5.75 Å². The number of fused-ring (bicyclic) bond motifs is 3. The van der Waals surface area contributed by atoms with Gasteiger partial charge in [-0.3, -0.25) is 33.7 Å². The Hall–Kier alpha value is -3.68. The highest BCUT2D eigenvalue weighted by molar-refractivity contribution is 6.32. The van der Waals surface area contributed by atoms with Crippen LogP contribution in [-0.4, -0.2) is 102 Å². The van der Waals surface area contributed by atoms with Crippen molar-refractivity contribution in [3.63, 3.8) is 0 Å². The van der Waals surface area contributed by atoms with Crippen LogP contribution >= 0.6 is 0 Å². The summed E-state index contributed by atoms with van der Waals surface area (Å²) >= 11 is 0. The summed E-state index contributed by atoms with van der Waals surface area (Å²) in [6.45, 7) is 0.0228. The number of primary amides is 1. The van der Waals surface area contributed by atoms with Crippen molar-refractivity contribution in [1.82, 2.24) is 10.2 Å². The molecule has 13 nitrogen and oxygen atoms in total. The Bertz CT molecular complexity index is 1510. The Morgan fingerprint density at radius 2 is 1.73 bits per heavy atom. The van der Waals surface area contributed by atoms with E-state index >= 15 is 0 Å². The highest BCUT2D eigenvalue weighted by atomic mass is 16.3. The van der Waals surface area contributed by atoms with Crippen molar-refractivity contribution in [2.24, 2.45) is 34.8 Å². The van der Waals surface area contributed by atoms with E-state index in [-0.39, 0.29) is 36.7 Å². The van der Waals surface area contributed by atoms with Crippen LogP contribution in [0.2, 0.25) is 0 Å². The molecule has 0 radical (unpaired) electrons. The van der Waals surface area contributed by atoms with Gasteiger partial charge in [0.05, 0.1) is 29.8 Å². The molecule has 2 amide bonds. The number of anilines is 2. The van der Waals surface area contributed by atoms with Crippen LogP contribution in [0.25, 0.3) is 0 Å². The first-order valence-electron chi connectivity index (χ1n) is 15.1.